The highest BCUT2D eigenvalue weighted by Gasteiger charge is 2.18. The van der Waals surface area contributed by atoms with Crippen molar-refractivity contribution in [3.05, 3.63) is 75.7 Å². The van der Waals surface area contributed by atoms with Crippen molar-refractivity contribution in [3.8, 4) is 11.3 Å². The molecule has 0 saturated heterocycles. The monoisotopic (exact) mass is 379 g/mol. The van der Waals surface area contributed by atoms with Crippen LogP contribution in [0, 0.1) is 5.82 Å². The molecule has 28 heavy (non-hydrogen) atoms. The fourth-order valence-corrected chi connectivity index (χ4v) is 3.23. The number of halogens is 1. The molecule has 4 aromatic rings. The first kappa shape index (κ1) is 18.2. The van der Waals surface area contributed by atoms with Crippen LogP contribution in [0.3, 0.4) is 0 Å². The molecule has 7 heteroatoms. The number of nitrogens with zero attached hydrogens (tertiary/aromatic N) is 4. The minimum absolute atomic E-state index is 0.112. The van der Waals surface area contributed by atoms with Gasteiger partial charge >= 0.3 is 0 Å². The molecule has 0 aliphatic heterocycles. The Kier molecular flexibility index (Phi) is 4.18. The van der Waals surface area contributed by atoms with E-state index in [1.54, 1.807) is 16.8 Å². The van der Waals surface area contributed by atoms with Crippen LogP contribution in [0.25, 0.3) is 16.9 Å². The summed E-state index contributed by atoms with van der Waals surface area (Å²) in [5.41, 5.74) is 4.46. The van der Waals surface area contributed by atoms with Gasteiger partial charge in [-0.2, -0.15) is 5.10 Å². The zero-order valence-electron chi connectivity index (χ0n) is 16.3. The first-order chi connectivity index (χ1) is 13.2. The van der Waals surface area contributed by atoms with E-state index < -0.39 is 0 Å². The molecule has 0 atom stereocenters. The number of hydrogen-bond acceptors (Lipinski definition) is 3. The van der Waals surface area contributed by atoms with Crippen LogP contribution >= 0.6 is 0 Å². The third kappa shape index (κ3) is 3.35. The number of aromatic amines is 1. The largest absolute Gasteiger partial charge is 0.293 e. The van der Waals surface area contributed by atoms with Crippen molar-refractivity contribution in [2.45, 2.75) is 32.6 Å². The molecule has 0 amide bonds. The van der Waals surface area contributed by atoms with Gasteiger partial charge in [0.15, 0.2) is 5.65 Å². The highest BCUT2D eigenvalue weighted by Crippen LogP contribution is 2.25. The Labute approximate surface area is 161 Å². The van der Waals surface area contributed by atoms with Crippen LogP contribution in [-0.2, 0) is 18.9 Å². The second-order valence-electron chi connectivity index (χ2n) is 8.06. The molecule has 0 unspecified atom stereocenters. The van der Waals surface area contributed by atoms with Gasteiger partial charge < -0.3 is 0 Å². The van der Waals surface area contributed by atoms with E-state index in [4.69, 9.17) is 0 Å². The predicted octanol–water partition coefficient (Wildman–Crippen LogP) is 3.45. The maximum absolute atomic E-state index is 13.3. The summed E-state index contributed by atoms with van der Waals surface area (Å²) in [6.45, 7) is 6.23. The molecule has 144 valence electrons. The second-order valence-corrected chi connectivity index (χ2v) is 8.06. The van der Waals surface area contributed by atoms with Crippen molar-refractivity contribution < 1.29 is 4.39 Å². The maximum atomic E-state index is 13.3. The van der Waals surface area contributed by atoms with E-state index in [2.05, 4.69) is 36.0 Å². The molecule has 0 aliphatic carbocycles. The average Bonchev–Trinajstić information content (AvgIpc) is 3.19. The molecule has 3 heterocycles. The lowest BCUT2D eigenvalue weighted by Gasteiger charge is -2.14. The number of rotatable bonds is 3. The zero-order chi connectivity index (χ0) is 20.1. The fraction of sp³-hybridized carbons (Fsp3) is 0.286. The van der Waals surface area contributed by atoms with Gasteiger partial charge in [-0.1, -0.05) is 20.8 Å². The van der Waals surface area contributed by atoms with Crippen LogP contribution in [0.2, 0.25) is 0 Å². The molecule has 0 fully saturated rings. The van der Waals surface area contributed by atoms with E-state index in [9.17, 15) is 9.18 Å². The van der Waals surface area contributed by atoms with Crippen LogP contribution in [-0.4, -0.2) is 24.4 Å². The van der Waals surface area contributed by atoms with E-state index in [-0.39, 0.29) is 16.8 Å². The van der Waals surface area contributed by atoms with Crippen LogP contribution in [0.5, 0.6) is 0 Å². The topological polar surface area (TPSA) is 68.0 Å². The van der Waals surface area contributed by atoms with Crippen molar-refractivity contribution in [1.82, 2.24) is 24.4 Å². The molecule has 3 aromatic heterocycles. The van der Waals surface area contributed by atoms with Gasteiger partial charge in [0.25, 0.3) is 5.56 Å². The minimum atomic E-state index is -0.288. The molecular weight excluding hydrogens is 357 g/mol. The molecular formula is C21H22FN5O. The van der Waals surface area contributed by atoms with Gasteiger partial charge in [-0.15, -0.1) is 0 Å². The number of hydrogen-bond donors (Lipinski definition) is 1. The summed E-state index contributed by atoms with van der Waals surface area (Å²) in [7, 11) is 1.84. The highest BCUT2D eigenvalue weighted by atomic mass is 19.1. The van der Waals surface area contributed by atoms with E-state index >= 15 is 0 Å². The number of aromatic nitrogens is 5. The third-order valence-corrected chi connectivity index (χ3v) is 4.71. The molecule has 1 N–H and O–H groups in total. The van der Waals surface area contributed by atoms with Crippen LogP contribution < -0.4 is 5.56 Å². The fourth-order valence-electron chi connectivity index (χ4n) is 3.23. The first-order valence-corrected chi connectivity index (χ1v) is 9.11. The van der Waals surface area contributed by atoms with Crippen LogP contribution in [0.1, 0.15) is 37.7 Å². The van der Waals surface area contributed by atoms with Gasteiger partial charge in [-0.3, -0.25) is 14.6 Å². The lowest BCUT2D eigenvalue weighted by atomic mass is 9.93. The van der Waals surface area contributed by atoms with E-state index in [0.717, 1.165) is 22.5 Å². The summed E-state index contributed by atoms with van der Waals surface area (Å²) < 4.78 is 16.4. The molecule has 0 bridgehead atoms. The summed E-state index contributed by atoms with van der Waals surface area (Å²) in [6, 6.07) is 9.69. The Morgan fingerprint density at radius 3 is 2.54 bits per heavy atom. The molecule has 0 spiro atoms. The van der Waals surface area contributed by atoms with Gasteiger partial charge in [0.2, 0.25) is 0 Å². The second kappa shape index (κ2) is 6.44. The Bertz CT molecular complexity index is 1210. The molecule has 1 aromatic carbocycles. The Hall–Kier alpha value is -3.22. The predicted molar refractivity (Wildman–Crippen MR) is 106 cm³/mol. The van der Waals surface area contributed by atoms with E-state index in [1.807, 2.05) is 19.3 Å². The lowest BCUT2D eigenvalue weighted by Crippen LogP contribution is -2.17. The zero-order valence-corrected chi connectivity index (χ0v) is 16.3. The third-order valence-electron chi connectivity index (χ3n) is 4.71. The summed E-state index contributed by atoms with van der Waals surface area (Å²) in [6.07, 6.45) is 2.36. The van der Waals surface area contributed by atoms with Crippen molar-refractivity contribution in [2.75, 3.05) is 0 Å². The van der Waals surface area contributed by atoms with Gasteiger partial charge in [-0.05, 0) is 24.3 Å². The van der Waals surface area contributed by atoms with Gasteiger partial charge in [0, 0.05) is 54.0 Å². The summed E-state index contributed by atoms with van der Waals surface area (Å²) in [5, 5.41) is 7.64. The number of fused-ring (bicyclic) bond motifs is 1. The average molecular weight is 379 g/mol. The van der Waals surface area contributed by atoms with E-state index in [0.29, 0.717) is 17.8 Å². The van der Waals surface area contributed by atoms with E-state index in [1.165, 1.54) is 22.7 Å². The molecule has 0 saturated carbocycles. The number of aryl methyl sites for hydroxylation is 1. The van der Waals surface area contributed by atoms with Crippen LogP contribution in [0.15, 0.2) is 47.4 Å². The van der Waals surface area contributed by atoms with Crippen molar-refractivity contribution in [1.29, 1.82) is 0 Å². The quantitative estimate of drug-likeness (QED) is 0.593. The SMILES string of the molecule is Cn1cc(Cc2cc(=O)n3[nH]c(C(C)(C)C)cc3n2)c(-c2ccc(F)cc2)n1. The lowest BCUT2D eigenvalue weighted by molar-refractivity contribution is 0.561. The van der Waals surface area contributed by atoms with Crippen molar-refractivity contribution in [3.63, 3.8) is 0 Å². The molecule has 6 nitrogen and oxygen atoms in total. The molecule has 4 rings (SSSR count). The van der Waals surface area contributed by atoms with Crippen LogP contribution in [0.4, 0.5) is 4.39 Å². The smallest absolute Gasteiger partial charge is 0.272 e. The Morgan fingerprint density at radius 2 is 1.86 bits per heavy atom. The molecule has 0 aliphatic rings. The van der Waals surface area contributed by atoms with Crippen molar-refractivity contribution >= 4 is 5.65 Å². The standard InChI is InChI=1S/C21H22FN5O/c1-21(2,3)17-11-18-23-16(10-19(28)27(18)24-17)9-14-12-26(4)25-20(14)13-5-7-15(22)8-6-13/h5-8,10-12,24H,9H2,1-4H3. The number of H-pyrrole nitrogens is 1. The maximum Gasteiger partial charge on any atom is 0.272 e. The Balaban J connectivity index is 1.75. The summed E-state index contributed by atoms with van der Waals surface area (Å²) >= 11 is 0. The summed E-state index contributed by atoms with van der Waals surface area (Å²) in [4.78, 5) is 17.2. The first-order valence-electron chi connectivity index (χ1n) is 9.11. The minimum Gasteiger partial charge on any atom is -0.293 e. The highest BCUT2D eigenvalue weighted by molar-refractivity contribution is 5.63. The number of benzene rings is 1. The number of nitrogens with one attached hydrogen (secondary N) is 1. The van der Waals surface area contributed by atoms with Crippen molar-refractivity contribution in [2.24, 2.45) is 7.05 Å². The van der Waals surface area contributed by atoms with Gasteiger partial charge in [0.05, 0.1) is 11.4 Å². The van der Waals surface area contributed by atoms with Gasteiger partial charge in [0.1, 0.15) is 5.82 Å². The Morgan fingerprint density at radius 1 is 1.14 bits per heavy atom. The van der Waals surface area contributed by atoms with Gasteiger partial charge in [-0.25, -0.2) is 13.9 Å². The molecule has 0 radical (unpaired) electrons. The summed E-state index contributed by atoms with van der Waals surface area (Å²) in [5.74, 6) is -0.288. The normalized spacial score (nSPS) is 12.0.